The van der Waals surface area contributed by atoms with Crippen LogP contribution in [0.3, 0.4) is 0 Å². The summed E-state index contributed by atoms with van der Waals surface area (Å²) in [6.45, 7) is 25.0. The SMILES string of the molecule is [C-]#[N+]c1ccc(C(C)=O)cc1.[C-]#[N+]c1ccc([C@H](C)O)cc1.[C-]#[N+]c1ccc([C@H](C)OS(C)(=O)=O)cc1. The Morgan fingerprint density at radius 2 is 1.11 bits per heavy atom. The fourth-order valence-electron chi connectivity index (χ4n) is 2.74. The highest BCUT2D eigenvalue weighted by atomic mass is 32.2. The molecule has 1 N–H and O–H groups in total. The number of benzene rings is 3. The molecule has 0 unspecified atom stereocenters. The molecule has 0 saturated carbocycles. The van der Waals surface area contributed by atoms with E-state index in [1.807, 2.05) is 0 Å². The quantitative estimate of drug-likeness (QED) is 0.223. The number of ketones is 1. The molecule has 0 bridgehead atoms. The second-order valence-corrected chi connectivity index (χ2v) is 9.34. The van der Waals surface area contributed by atoms with Crippen molar-refractivity contribution in [1.82, 2.24) is 0 Å². The van der Waals surface area contributed by atoms with E-state index in [2.05, 4.69) is 14.5 Å². The van der Waals surface area contributed by atoms with E-state index in [1.165, 1.54) is 6.92 Å². The number of carbonyl (C=O) groups is 1. The molecular formula is C28H27N3O5S. The molecule has 0 radical (unpaired) electrons. The summed E-state index contributed by atoms with van der Waals surface area (Å²) in [6.07, 6.45) is 0.0337. The van der Waals surface area contributed by atoms with Gasteiger partial charge in [-0.3, -0.25) is 8.98 Å². The van der Waals surface area contributed by atoms with Crippen LogP contribution in [0, 0.1) is 19.7 Å². The topological polar surface area (TPSA) is 93.8 Å². The molecule has 37 heavy (non-hydrogen) atoms. The predicted molar refractivity (Wildman–Crippen MR) is 143 cm³/mol. The van der Waals surface area contributed by atoms with Crippen molar-refractivity contribution in [2.75, 3.05) is 6.26 Å². The normalized spacial score (nSPS) is 11.5. The largest absolute Gasteiger partial charge is 0.389 e. The van der Waals surface area contributed by atoms with Gasteiger partial charge < -0.3 is 5.11 Å². The Labute approximate surface area is 218 Å². The highest BCUT2D eigenvalue weighted by molar-refractivity contribution is 7.86. The minimum absolute atomic E-state index is 0.0292. The summed E-state index contributed by atoms with van der Waals surface area (Å²) < 4.78 is 26.5. The molecular weight excluding hydrogens is 490 g/mol. The Balaban J connectivity index is 0.000000283. The van der Waals surface area contributed by atoms with Crippen LogP contribution < -0.4 is 0 Å². The molecule has 3 aromatic rings. The van der Waals surface area contributed by atoms with E-state index in [9.17, 15) is 13.2 Å². The number of rotatable bonds is 5. The molecule has 9 heteroatoms. The van der Waals surface area contributed by atoms with Crippen LogP contribution in [-0.4, -0.2) is 25.6 Å². The third-order valence-electron chi connectivity index (χ3n) is 4.72. The number of aliphatic hydroxyl groups is 1. The summed E-state index contributed by atoms with van der Waals surface area (Å²) >= 11 is 0. The van der Waals surface area contributed by atoms with Gasteiger partial charge >= 0.3 is 0 Å². The van der Waals surface area contributed by atoms with E-state index < -0.39 is 22.3 Å². The lowest BCUT2D eigenvalue weighted by Crippen LogP contribution is -2.07. The first-order valence-electron chi connectivity index (χ1n) is 10.9. The van der Waals surface area contributed by atoms with E-state index in [4.69, 9.17) is 29.0 Å². The lowest BCUT2D eigenvalue weighted by atomic mass is 10.1. The number of carbonyl (C=O) groups excluding carboxylic acids is 1. The fraction of sp³-hybridized carbons (Fsp3) is 0.214. The number of aliphatic hydroxyl groups excluding tert-OH is 1. The van der Waals surface area contributed by atoms with Crippen LogP contribution in [0.2, 0.25) is 0 Å². The van der Waals surface area contributed by atoms with Crippen LogP contribution in [0.5, 0.6) is 0 Å². The lowest BCUT2D eigenvalue weighted by Gasteiger charge is -2.10. The van der Waals surface area contributed by atoms with Gasteiger partial charge in [-0.2, -0.15) is 8.42 Å². The Morgan fingerprint density at radius 3 is 1.41 bits per heavy atom. The molecule has 0 aliphatic rings. The summed E-state index contributed by atoms with van der Waals surface area (Å²) in [4.78, 5) is 20.5. The minimum Gasteiger partial charge on any atom is -0.389 e. The van der Waals surface area contributed by atoms with Gasteiger partial charge in [-0.05, 0) is 31.9 Å². The first-order chi connectivity index (χ1) is 17.4. The van der Waals surface area contributed by atoms with E-state index in [1.54, 1.807) is 86.6 Å². The van der Waals surface area contributed by atoms with Gasteiger partial charge in [0, 0.05) is 5.56 Å². The molecule has 3 rings (SSSR count). The van der Waals surface area contributed by atoms with Crippen molar-refractivity contribution >= 4 is 33.0 Å². The molecule has 0 saturated heterocycles. The molecule has 0 aromatic heterocycles. The summed E-state index contributed by atoms with van der Waals surface area (Å²) in [5, 5.41) is 9.11. The number of hydrogen-bond donors (Lipinski definition) is 1. The molecule has 0 heterocycles. The van der Waals surface area contributed by atoms with Crippen LogP contribution in [0.4, 0.5) is 17.1 Å². The van der Waals surface area contributed by atoms with Crippen LogP contribution >= 0.6 is 0 Å². The van der Waals surface area contributed by atoms with Crippen LogP contribution in [-0.2, 0) is 14.3 Å². The van der Waals surface area contributed by atoms with Gasteiger partial charge in [-0.15, -0.1) is 0 Å². The number of hydrogen-bond acceptors (Lipinski definition) is 5. The molecule has 0 aliphatic carbocycles. The highest BCUT2D eigenvalue weighted by Gasteiger charge is 2.12. The molecule has 2 atom stereocenters. The zero-order valence-electron chi connectivity index (χ0n) is 20.9. The van der Waals surface area contributed by atoms with Crippen molar-refractivity contribution in [2.45, 2.75) is 33.0 Å². The molecule has 190 valence electrons. The molecule has 3 aromatic carbocycles. The van der Waals surface area contributed by atoms with Crippen molar-refractivity contribution in [3.8, 4) is 0 Å². The molecule has 0 fully saturated rings. The molecule has 0 spiro atoms. The average molecular weight is 518 g/mol. The standard InChI is InChI=1S/C10H11NO3S.C9H9NO.C9H7NO/c1-8(14-15(3,12)13)9-4-6-10(11-2)7-5-9;2*1-7(11)8-3-5-9(10-2)6-4-8/h4-8H,1,3H3;3-7,11H,1H3;3-6H,1H3/t8-;7-;/m00./s1. The van der Waals surface area contributed by atoms with E-state index >= 15 is 0 Å². The van der Waals surface area contributed by atoms with Crippen LogP contribution in [0.15, 0.2) is 72.8 Å². The first kappa shape index (κ1) is 30.7. The van der Waals surface area contributed by atoms with Gasteiger partial charge in [0.2, 0.25) is 0 Å². The van der Waals surface area contributed by atoms with Crippen molar-refractivity contribution in [2.24, 2.45) is 0 Å². The monoisotopic (exact) mass is 517 g/mol. The smallest absolute Gasteiger partial charge is 0.264 e. The number of Topliss-reactive ketones (excluding diaryl/α,β-unsaturated/α-hetero) is 1. The number of nitrogens with zero attached hydrogens (tertiary/aromatic N) is 3. The molecule has 0 aliphatic heterocycles. The second kappa shape index (κ2) is 14.9. The van der Waals surface area contributed by atoms with Crippen molar-refractivity contribution < 1.29 is 22.5 Å². The Morgan fingerprint density at radius 1 is 0.757 bits per heavy atom. The zero-order valence-corrected chi connectivity index (χ0v) is 21.7. The summed E-state index contributed by atoms with van der Waals surface area (Å²) in [6, 6.07) is 20.2. The highest BCUT2D eigenvalue weighted by Crippen LogP contribution is 2.21. The summed E-state index contributed by atoms with van der Waals surface area (Å²) in [7, 11) is -3.45. The third kappa shape index (κ3) is 11.8. The van der Waals surface area contributed by atoms with Crippen molar-refractivity contribution in [3.05, 3.63) is 124 Å². The Kier molecular flexibility index (Phi) is 12.4. The molecule has 0 amide bonds. The van der Waals surface area contributed by atoms with E-state index in [-0.39, 0.29) is 5.78 Å². The van der Waals surface area contributed by atoms with Crippen LogP contribution in [0.25, 0.3) is 14.5 Å². The minimum atomic E-state index is -3.45. The van der Waals surface area contributed by atoms with E-state index in [0.717, 1.165) is 17.4 Å². The van der Waals surface area contributed by atoms with Gasteiger partial charge in [0.1, 0.15) is 0 Å². The molecule has 8 nitrogen and oxygen atoms in total. The van der Waals surface area contributed by atoms with E-state index in [0.29, 0.717) is 22.6 Å². The van der Waals surface area contributed by atoms with Gasteiger partial charge in [-0.1, -0.05) is 72.8 Å². The first-order valence-corrected chi connectivity index (χ1v) is 12.7. The maximum atomic E-state index is 10.9. The Hall–Kier alpha value is -4.33. The van der Waals surface area contributed by atoms with Gasteiger partial charge in [0.05, 0.1) is 38.2 Å². The van der Waals surface area contributed by atoms with Crippen LogP contribution in [0.1, 0.15) is 54.5 Å². The Bertz CT molecular complexity index is 1390. The summed E-state index contributed by atoms with van der Waals surface area (Å²) in [5.41, 5.74) is 3.91. The fourth-order valence-corrected chi connectivity index (χ4v) is 3.37. The van der Waals surface area contributed by atoms with Crippen molar-refractivity contribution in [3.63, 3.8) is 0 Å². The summed E-state index contributed by atoms with van der Waals surface area (Å²) in [5.74, 6) is 0.0292. The van der Waals surface area contributed by atoms with Gasteiger partial charge in [0.15, 0.2) is 22.8 Å². The average Bonchev–Trinajstić information content (AvgIpc) is 2.88. The van der Waals surface area contributed by atoms with Gasteiger partial charge in [-0.25, -0.2) is 14.5 Å². The maximum absolute atomic E-state index is 10.9. The maximum Gasteiger partial charge on any atom is 0.264 e. The third-order valence-corrected chi connectivity index (χ3v) is 5.36. The van der Waals surface area contributed by atoms with Crippen molar-refractivity contribution in [1.29, 1.82) is 0 Å². The predicted octanol–water partition coefficient (Wildman–Crippen LogP) is 7.01. The second-order valence-electron chi connectivity index (χ2n) is 7.74. The van der Waals surface area contributed by atoms with Gasteiger partial charge in [0.25, 0.3) is 10.1 Å². The zero-order chi connectivity index (χ0) is 28.0. The lowest BCUT2D eigenvalue weighted by molar-refractivity contribution is 0.101.